The highest BCUT2D eigenvalue weighted by Crippen LogP contribution is 2.45. The summed E-state index contributed by atoms with van der Waals surface area (Å²) in [6.07, 6.45) is 3.11. The van der Waals surface area contributed by atoms with Gasteiger partial charge in [-0.25, -0.2) is 8.78 Å². The molecule has 2 N–H and O–H groups in total. The summed E-state index contributed by atoms with van der Waals surface area (Å²) in [5, 5.41) is 20.1. The Morgan fingerprint density at radius 2 is 2.00 bits per heavy atom. The maximum Gasteiger partial charge on any atom is 0.319 e. The highest BCUT2D eigenvalue weighted by molar-refractivity contribution is 5.90. The lowest BCUT2D eigenvalue weighted by Gasteiger charge is -2.38. The van der Waals surface area contributed by atoms with Gasteiger partial charge in [0.25, 0.3) is 0 Å². The van der Waals surface area contributed by atoms with Crippen molar-refractivity contribution in [3.63, 3.8) is 0 Å². The summed E-state index contributed by atoms with van der Waals surface area (Å²) in [4.78, 5) is 10.3. The second kappa shape index (κ2) is 6.53. The Balaban J connectivity index is 1.74. The molecule has 2 fully saturated rings. The molecule has 146 valence electrons. The zero-order valence-electron chi connectivity index (χ0n) is 15.2. The Labute approximate surface area is 155 Å². The molecule has 27 heavy (non-hydrogen) atoms. The van der Waals surface area contributed by atoms with E-state index in [-0.39, 0.29) is 35.5 Å². The fourth-order valence-corrected chi connectivity index (χ4v) is 3.57. The number of benzene rings is 1. The van der Waals surface area contributed by atoms with Crippen molar-refractivity contribution in [2.75, 3.05) is 31.2 Å². The molecule has 0 spiro atoms. The van der Waals surface area contributed by atoms with Crippen LogP contribution in [-0.4, -0.2) is 52.1 Å². The predicted molar refractivity (Wildman–Crippen MR) is 95.8 cm³/mol. The van der Waals surface area contributed by atoms with Gasteiger partial charge in [0.15, 0.2) is 5.82 Å². The standard InChI is InChI=1S/C19H23F2N3O3/c1-18(26)3-2-6-24(9-18)16-13-7-12(20)8-14(21)15(13)22-17(23-16)27-11-19(10-25)4-5-19/h7-8,25-26H,2-6,9-11H2,1H3. The molecule has 1 atom stereocenters. The minimum absolute atomic E-state index is 0.00653. The first-order chi connectivity index (χ1) is 12.8. The fourth-order valence-electron chi connectivity index (χ4n) is 3.57. The summed E-state index contributed by atoms with van der Waals surface area (Å²) in [5.41, 5.74) is -1.19. The fraction of sp³-hybridized carbons (Fsp3) is 0.579. The molecule has 4 rings (SSSR count). The van der Waals surface area contributed by atoms with Gasteiger partial charge < -0.3 is 19.8 Å². The third-order valence-corrected chi connectivity index (χ3v) is 5.45. The smallest absolute Gasteiger partial charge is 0.319 e. The van der Waals surface area contributed by atoms with E-state index >= 15 is 0 Å². The number of piperidine rings is 1. The number of hydrogen-bond acceptors (Lipinski definition) is 6. The van der Waals surface area contributed by atoms with E-state index in [1.807, 2.05) is 4.90 Å². The van der Waals surface area contributed by atoms with E-state index in [9.17, 15) is 19.0 Å². The van der Waals surface area contributed by atoms with Crippen LogP contribution in [0.15, 0.2) is 12.1 Å². The number of hydrogen-bond donors (Lipinski definition) is 2. The number of rotatable bonds is 5. The zero-order chi connectivity index (χ0) is 19.2. The highest BCUT2D eigenvalue weighted by Gasteiger charge is 2.43. The summed E-state index contributed by atoms with van der Waals surface area (Å²) < 4.78 is 33.9. The van der Waals surface area contributed by atoms with Crippen molar-refractivity contribution in [1.29, 1.82) is 0 Å². The van der Waals surface area contributed by atoms with Crippen molar-refractivity contribution in [2.24, 2.45) is 5.41 Å². The van der Waals surface area contributed by atoms with Gasteiger partial charge in [-0.2, -0.15) is 9.97 Å². The first-order valence-electron chi connectivity index (χ1n) is 9.19. The number of halogens is 2. The molecule has 1 aromatic heterocycles. The SMILES string of the molecule is CC1(O)CCCN(c2nc(OCC3(CO)CC3)nc3c(F)cc(F)cc23)C1. The Kier molecular flexibility index (Phi) is 4.43. The summed E-state index contributed by atoms with van der Waals surface area (Å²) >= 11 is 0. The van der Waals surface area contributed by atoms with E-state index < -0.39 is 17.2 Å². The number of aliphatic hydroxyl groups is 2. The molecule has 2 aromatic rings. The van der Waals surface area contributed by atoms with Crippen LogP contribution in [-0.2, 0) is 0 Å². The third-order valence-electron chi connectivity index (χ3n) is 5.45. The van der Waals surface area contributed by atoms with Gasteiger partial charge in [0.1, 0.15) is 17.2 Å². The van der Waals surface area contributed by atoms with Crippen molar-refractivity contribution >= 4 is 16.7 Å². The van der Waals surface area contributed by atoms with Crippen LogP contribution in [0.5, 0.6) is 6.01 Å². The van der Waals surface area contributed by atoms with Gasteiger partial charge in [-0.05, 0) is 38.7 Å². The second-order valence-corrected chi connectivity index (χ2v) is 8.08. The molecule has 8 heteroatoms. The average Bonchev–Trinajstić information content (AvgIpc) is 3.39. The van der Waals surface area contributed by atoms with Crippen molar-refractivity contribution in [2.45, 2.75) is 38.2 Å². The molecule has 0 amide bonds. The van der Waals surface area contributed by atoms with Crippen molar-refractivity contribution in [1.82, 2.24) is 9.97 Å². The van der Waals surface area contributed by atoms with Crippen molar-refractivity contribution in [3.05, 3.63) is 23.8 Å². The van der Waals surface area contributed by atoms with Gasteiger partial charge in [-0.1, -0.05) is 0 Å². The number of fused-ring (bicyclic) bond motifs is 1. The number of aliphatic hydroxyl groups excluding tert-OH is 1. The minimum Gasteiger partial charge on any atom is -0.463 e. The zero-order valence-corrected chi connectivity index (χ0v) is 15.2. The van der Waals surface area contributed by atoms with Crippen LogP contribution in [0.2, 0.25) is 0 Å². The monoisotopic (exact) mass is 379 g/mol. The minimum atomic E-state index is -0.905. The Hall–Kier alpha value is -2.06. The van der Waals surface area contributed by atoms with Crippen LogP contribution in [0.1, 0.15) is 32.6 Å². The number of β-amino-alcohol motifs (C(OH)–C–C–N with tert-alkyl or cyclic N) is 1. The summed E-state index contributed by atoms with van der Waals surface area (Å²) in [7, 11) is 0. The van der Waals surface area contributed by atoms with Crippen LogP contribution in [0.25, 0.3) is 10.9 Å². The van der Waals surface area contributed by atoms with E-state index in [0.717, 1.165) is 25.3 Å². The van der Waals surface area contributed by atoms with Crippen LogP contribution in [0.4, 0.5) is 14.6 Å². The normalized spacial score (nSPS) is 24.3. The Morgan fingerprint density at radius 1 is 1.22 bits per heavy atom. The van der Waals surface area contributed by atoms with Crippen LogP contribution >= 0.6 is 0 Å². The first kappa shape index (κ1) is 18.3. The van der Waals surface area contributed by atoms with Gasteiger partial charge >= 0.3 is 6.01 Å². The molecule has 1 saturated heterocycles. The highest BCUT2D eigenvalue weighted by atomic mass is 19.1. The van der Waals surface area contributed by atoms with Crippen molar-refractivity contribution in [3.8, 4) is 6.01 Å². The predicted octanol–water partition coefficient (Wildman–Crippen LogP) is 2.41. The van der Waals surface area contributed by atoms with Crippen molar-refractivity contribution < 1.29 is 23.7 Å². The molecular weight excluding hydrogens is 356 g/mol. The number of nitrogens with zero attached hydrogens (tertiary/aromatic N) is 3. The van der Waals surface area contributed by atoms with Crippen LogP contribution < -0.4 is 9.64 Å². The summed E-state index contributed by atoms with van der Waals surface area (Å²) in [5.74, 6) is -1.15. The van der Waals surface area contributed by atoms with E-state index in [2.05, 4.69) is 9.97 Å². The molecule has 1 unspecified atom stereocenters. The van der Waals surface area contributed by atoms with Crippen LogP contribution in [0, 0.1) is 17.0 Å². The molecule has 1 aromatic carbocycles. The number of aromatic nitrogens is 2. The van der Waals surface area contributed by atoms with E-state index in [1.165, 1.54) is 6.07 Å². The molecule has 1 saturated carbocycles. The van der Waals surface area contributed by atoms with Crippen LogP contribution in [0.3, 0.4) is 0 Å². The lowest BCUT2D eigenvalue weighted by molar-refractivity contribution is 0.0447. The molecule has 2 heterocycles. The third kappa shape index (κ3) is 3.68. The Morgan fingerprint density at radius 3 is 2.67 bits per heavy atom. The quantitative estimate of drug-likeness (QED) is 0.831. The largest absolute Gasteiger partial charge is 0.463 e. The first-order valence-corrected chi connectivity index (χ1v) is 9.19. The Bertz CT molecular complexity index is 871. The van der Waals surface area contributed by atoms with E-state index in [4.69, 9.17) is 4.74 Å². The maximum absolute atomic E-state index is 14.4. The van der Waals surface area contributed by atoms with Gasteiger partial charge in [-0.15, -0.1) is 0 Å². The summed E-state index contributed by atoms with van der Waals surface area (Å²) in [6, 6.07) is 1.98. The lowest BCUT2D eigenvalue weighted by atomic mass is 9.95. The summed E-state index contributed by atoms with van der Waals surface area (Å²) in [6.45, 7) is 2.91. The molecule has 0 bridgehead atoms. The van der Waals surface area contributed by atoms with Gasteiger partial charge in [0.2, 0.25) is 0 Å². The van der Waals surface area contributed by atoms with Gasteiger partial charge in [0.05, 0.1) is 18.8 Å². The molecule has 1 aliphatic carbocycles. The molecule has 1 aliphatic heterocycles. The second-order valence-electron chi connectivity index (χ2n) is 8.08. The van der Waals surface area contributed by atoms with E-state index in [1.54, 1.807) is 6.92 Å². The molecular formula is C19H23F2N3O3. The molecule has 2 aliphatic rings. The number of anilines is 1. The van der Waals surface area contributed by atoms with E-state index in [0.29, 0.717) is 25.3 Å². The maximum atomic E-state index is 14.4. The molecule has 0 radical (unpaired) electrons. The lowest BCUT2D eigenvalue weighted by Crippen LogP contribution is -2.46. The molecule has 6 nitrogen and oxygen atoms in total. The van der Waals surface area contributed by atoms with Gasteiger partial charge in [-0.3, -0.25) is 0 Å². The van der Waals surface area contributed by atoms with Gasteiger partial charge in [0, 0.05) is 30.0 Å². The average molecular weight is 379 g/mol. The topological polar surface area (TPSA) is 78.7 Å². The number of ether oxygens (including phenoxy) is 1.